The molecule has 2 saturated carbocycles. The molecule has 2 aromatic carbocycles. The fourth-order valence-electron chi connectivity index (χ4n) is 6.80. The number of amides is 3. The first-order chi connectivity index (χ1) is 24.1. The molecule has 0 radical (unpaired) electrons. The van der Waals surface area contributed by atoms with Gasteiger partial charge in [0.05, 0.1) is 24.6 Å². The van der Waals surface area contributed by atoms with Gasteiger partial charge in [-0.25, -0.2) is 17.8 Å². The van der Waals surface area contributed by atoms with Gasteiger partial charge in [-0.3, -0.25) is 29.3 Å². The molecule has 0 spiro atoms. The standard InChI is InChI=1S/C36H41ClFN5O7S/c1-6-20-17-36(20,34(46)42-51(47,48)25-11-12-25)43-19-24(50-33-27-14-21(37)10-13-26(27)29(49-5)18-39-33)16-28(43)31(44)41-32(45)30(35(2,3)4)40-23-9-7-8-22(38)15-23/h6-10,13-15,18,20,24-25,28,30,40H,1,11-12,16-17,19H2,2-5H3,(H,42,46)(H,41,44,45)/t20-,24-,28+,30-,36-/m1/s1. The molecular weight excluding hydrogens is 701 g/mol. The molecule has 6 rings (SSSR count). The highest BCUT2D eigenvalue weighted by molar-refractivity contribution is 7.91. The van der Waals surface area contributed by atoms with Crippen LogP contribution < -0.4 is 24.8 Å². The van der Waals surface area contributed by atoms with Gasteiger partial charge < -0.3 is 14.8 Å². The van der Waals surface area contributed by atoms with Gasteiger partial charge in [-0.1, -0.05) is 44.5 Å². The summed E-state index contributed by atoms with van der Waals surface area (Å²) in [7, 11) is -2.40. The number of carbonyl (C=O) groups is 3. The predicted molar refractivity (Wildman–Crippen MR) is 190 cm³/mol. The van der Waals surface area contributed by atoms with Crippen LogP contribution in [0.25, 0.3) is 10.8 Å². The third-order valence-electron chi connectivity index (χ3n) is 9.72. The number of pyridine rings is 1. The van der Waals surface area contributed by atoms with E-state index in [9.17, 15) is 27.2 Å². The van der Waals surface area contributed by atoms with Crippen LogP contribution in [0.1, 0.15) is 46.5 Å². The Morgan fingerprint density at radius 1 is 1.16 bits per heavy atom. The quantitative estimate of drug-likeness (QED) is 0.225. The topological polar surface area (TPSA) is 156 Å². The van der Waals surface area contributed by atoms with E-state index in [2.05, 4.69) is 26.9 Å². The van der Waals surface area contributed by atoms with Crippen LogP contribution in [0.2, 0.25) is 5.02 Å². The lowest BCUT2D eigenvalue weighted by Crippen LogP contribution is -2.59. The van der Waals surface area contributed by atoms with Crippen LogP contribution in [-0.2, 0) is 24.4 Å². The summed E-state index contributed by atoms with van der Waals surface area (Å²) in [6, 6.07) is 8.75. The number of likely N-dealkylation sites (tertiary alicyclic amines) is 1. The molecular formula is C36H41ClFN5O7S. The number of hydrogen-bond donors (Lipinski definition) is 3. The van der Waals surface area contributed by atoms with Crippen molar-refractivity contribution in [1.29, 1.82) is 0 Å². The Kier molecular flexibility index (Phi) is 9.81. The zero-order chi connectivity index (χ0) is 36.9. The number of ether oxygens (including phenoxy) is 2. The molecule has 1 aliphatic heterocycles. The van der Waals surface area contributed by atoms with E-state index >= 15 is 0 Å². The zero-order valence-electron chi connectivity index (χ0n) is 28.7. The van der Waals surface area contributed by atoms with Crippen LogP contribution in [0.3, 0.4) is 0 Å². The van der Waals surface area contributed by atoms with Gasteiger partial charge in [0.2, 0.25) is 27.7 Å². The molecule has 3 fully saturated rings. The molecule has 3 amide bonds. The van der Waals surface area contributed by atoms with Gasteiger partial charge in [0, 0.05) is 40.4 Å². The second-order valence-electron chi connectivity index (χ2n) is 14.4. The van der Waals surface area contributed by atoms with Crippen molar-refractivity contribution in [2.45, 2.75) is 75.4 Å². The molecule has 3 N–H and O–H groups in total. The van der Waals surface area contributed by atoms with Gasteiger partial charge in [-0.05, 0) is 61.1 Å². The minimum Gasteiger partial charge on any atom is -0.494 e. The number of sulfonamides is 1. The lowest BCUT2D eigenvalue weighted by Gasteiger charge is -2.34. The minimum absolute atomic E-state index is 0.0214. The van der Waals surface area contributed by atoms with Gasteiger partial charge in [-0.15, -0.1) is 6.58 Å². The van der Waals surface area contributed by atoms with Gasteiger partial charge in [0.1, 0.15) is 29.3 Å². The average Bonchev–Trinajstić information content (AvgIpc) is 4.00. The van der Waals surface area contributed by atoms with Crippen molar-refractivity contribution >= 4 is 55.8 Å². The zero-order valence-corrected chi connectivity index (χ0v) is 30.3. The summed E-state index contributed by atoms with van der Waals surface area (Å²) in [6.45, 7) is 9.29. The Labute approximate surface area is 301 Å². The lowest BCUT2D eigenvalue weighted by molar-refractivity contribution is -0.136. The second-order valence-corrected chi connectivity index (χ2v) is 16.8. The molecule has 272 valence electrons. The van der Waals surface area contributed by atoms with E-state index in [-0.39, 0.29) is 25.3 Å². The number of fused-ring (bicyclic) bond motifs is 1. The van der Waals surface area contributed by atoms with Gasteiger partial charge in [0.15, 0.2) is 0 Å². The molecule has 1 aromatic heterocycles. The van der Waals surface area contributed by atoms with Crippen molar-refractivity contribution < 1.29 is 36.7 Å². The summed E-state index contributed by atoms with van der Waals surface area (Å²) in [5.41, 5.74) is -1.80. The summed E-state index contributed by atoms with van der Waals surface area (Å²) in [5, 5.41) is 6.61. The fourth-order valence-corrected chi connectivity index (χ4v) is 8.33. The van der Waals surface area contributed by atoms with E-state index in [0.29, 0.717) is 40.1 Å². The van der Waals surface area contributed by atoms with Crippen LogP contribution >= 0.6 is 11.6 Å². The maximum absolute atomic E-state index is 14.2. The Morgan fingerprint density at radius 2 is 1.90 bits per heavy atom. The summed E-state index contributed by atoms with van der Waals surface area (Å²) in [4.78, 5) is 48.0. The number of rotatable bonds is 12. The SMILES string of the molecule is C=C[C@@H]1C[C@@]1(C(=O)NS(=O)(=O)C1CC1)N1C[C@H](Oc2ncc(OC)c3ccc(Cl)cc23)C[C@H]1C(=O)NC(=O)[C@@H](Nc1cccc(F)c1)C(C)(C)C. The van der Waals surface area contributed by atoms with Crippen molar-refractivity contribution in [3.05, 3.63) is 72.2 Å². The van der Waals surface area contributed by atoms with Crippen LogP contribution in [0, 0.1) is 17.2 Å². The third kappa shape index (κ3) is 7.40. The van der Waals surface area contributed by atoms with Crippen molar-refractivity contribution in [2.75, 3.05) is 19.0 Å². The molecule has 2 aliphatic carbocycles. The smallest absolute Gasteiger partial charge is 0.254 e. The number of carbonyl (C=O) groups excluding carboxylic acids is 3. The number of benzene rings is 2. The normalized spacial score (nSPS) is 24.0. The van der Waals surface area contributed by atoms with E-state index < -0.39 is 73.9 Å². The molecule has 3 aromatic rings. The summed E-state index contributed by atoms with van der Waals surface area (Å²) in [5.74, 6) is -2.39. The molecule has 0 bridgehead atoms. The highest BCUT2D eigenvalue weighted by Crippen LogP contribution is 2.53. The number of aromatic nitrogens is 1. The van der Waals surface area contributed by atoms with E-state index in [1.807, 2.05) is 0 Å². The number of halogens is 2. The van der Waals surface area contributed by atoms with Crippen molar-refractivity contribution in [2.24, 2.45) is 11.3 Å². The van der Waals surface area contributed by atoms with Crippen LogP contribution in [0.4, 0.5) is 10.1 Å². The van der Waals surface area contributed by atoms with Crippen LogP contribution in [-0.4, -0.2) is 78.7 Å². The largest absolute Gasteiger partial charge is 0.494 e. The van der Waals surface area contributed by atoms with Gasteiger partial charge >= 0.3 is 0 Å². The Balaban J connectivity index is 1.32. The van der Waals surface area contributed by atoms with E-state index in [1.54, 1.807) is 56.0 Å². The van der Waals surface area contributed by atoms with E-state index in [0.717, 1.165) is 0 Å². The summed E-state index contributed by atoms with van der Waals surface area (Å²) < 4.78 is 54.0. The van der Waals surface area contributed by atoms with Crippen LogP contribution in [0.5, 0.6) is 11.6 Å². The summed E-state index contributed by atoms with van der Waals surface area (Å²) >= 11 is 6.33. The lowest BCUT2D eigenvalue weighted by atomic mass is 9.85. The monoisotopic (exact) mass is 741 g/mol. The number of hydrogen-bond acceptors (Lipinski definition) is 10. The molecule has 51 heavy (non-hydrogen) atoms. The van der Waals surface area contributed by atoms with Crippen LogP contribution in [0.15, 0.2) is 61.3 Å². The van der Waals surface area contributed by atoms with Crippen molar-refractivity contribution in [3.8, 4) is 11.6 Å². The molecule has 1 saturated heterocycles. The second kappa shape index (κ2) is 13.7. The highest BCUT2D eigenvalue weighted by Gasteiger charge is 2.67. The average molecular weight is 742 g/mol. The molecule has 2 heterocycles. The maximum atomic E-state index is 14.2. The fraction of sp³-hybridized carbons (Fsp3) is 0.444. The Morgan fingerprint density at radius 3 is 2.53 bits per heavy atom. The Hall–Kier alpha value is -4.27. The van der Waals surface area contributed by atoms with Gasteiger partial charge in [0.25, 0.3) is 5.91 Å². The number of nitrogens with one attached hydrogen (secondary N) is 3. The number of anilines is 1. The molecule has 5 atom stereocenters. The third-order valence-corrected chi connectivity index (χ3v) is 11.8. The minimum atomic E-state index is -3.92. The molecule has 3 aliphatic rings. The first kappa shape index (κ1) is 36.5. The Bertz CT molecular complexity index is 2000. The molecule has 12 nitrogen and oxygen atoms in total. The number of nitrogens with zero attached hydrogens (tertiary/aromatic N) is 2. The van der Waals surface area contributed by atoms with Crippen molar-refractivity contribution in [1.82, 2.24) is 19.9 Å². The molecule has 15 heteroatoms. The first-order valence-corrected chi connectivity index (χ1v) is 18.6. The first-order valence-electron chi connectivity index (χ1n) is 16.7. The van der Waals surface area contributed by atoms with E-state index in [4.69, 9.17) is 21.1 Å². The highest BCUT2D eigenvalue weighted by atomic mass is 35.5. The number of methoxy groups -OCH3 is 1. The molecule has 0 unspecified atom stereocenters. The predicted octanol–water partition coefficient (Wildman–Crippen LogP) is 4.58. The summed E-state index contributed by atoms with van der Waals surface area (Å²) in [6.07, 6.45) is 3.50. The van der Waals surface area contributed by atoms with E-state index in [1.165, 1.54) is 31.5 Å². The number of imide groups is 1. The van der Waals surface area contributed by atoms with Gasteiger partial charge in [-0.2, -0.15) is 0 Å². The van der Waals surface area contributed by atoms with Crippen molar-refractivity contribution in [3.63, 3.8) is 0 Å². The maximum Gasteiger partial charge on any atom is 0.254 e.